The van der Waals surface area contributed by atoms with Crippen LogP contribution in [0.3, 0.4) is 0 Å². The van der Waals surface area contributed by atoms with E-state index in [9.17, 15) is 41.0 Å². The SMILES string of the molecule is CCOc1cc(C(=O)N[C@@H](Cc2ccccc2)[C@H](O)CNCc2cc(C(F)(F)F)cc(C(F)(F)F)c2)cc(N2CCCC2=O)c1.Cl. The third-order valence-electron chi connectivity index (χ3n) is 7.26. The number of nitrogens with zero attached hydrogens (tertiary/aromatic N) is 1. The molecule has 1 saturated heterocycles. The first kappa shape index (κ1) is 36.7. The molecule has 0 radical (unpaired) electrons. The smallest absolute Gasteiger partial charge is 0.416 e. The van der Waals surface area contributed by atoms with E-state index in [1.807, 2.05) is 0 Å². The van der Waals surface area contributed by atoms with Crippen LogP contribution in [0.25, 0.3) is 0 Å². The van der Waals surface area contributed by atoms with Gasteiger partial charge in [0.2, 0.25) is 5.91 Å². The number of alkyl halides is 6. The summed E-state index contributed by atoms with van der Waals surface area (Å²) in [4.78, 5) is 27.4. The van der Waals surface area contributed by atoms with Gasteiger partial charge in [-0.3, -0.25) is 9.59 Å². The number of anilines is 1. The number of benzene rings is 3. The number of rotatable bonds is 12. The second kappa shape index (κ2) is 15.7. The second-order valence-corrected chi connectivity index (χ2v) is 10.7. The van der Waals surface area contributed by atoms with Crippen LogP contribution in [0.2, 0.25) is 0 Å². The zero-order valence-electron chi connectivity index (χ0n) is 24.8. The first-order chi connectivity index (χ1) is 21.2. The molecule has 2 amide bonds. The third-order valence-corrected chi connectivity index (χ3v) is 7.26. The summed E-state index contributed by atoms with van der Waals surface area (Å²) < 4.78 is 85.2. The standard InChI is InChI=1S/C32H33F6N3O4.ClH/c1-2-45-26-15-22(14-25(17-26)41-10-6-9-29(41)43)30(44)40-27(13-20-7-4-3-5-8-20)28(42)19-39-18-21-11-23(31(33,34)35)16-24(12-21)32(36,37)38;/h3-5,7-8,11-12,14-17,27-28,39,42H,2,6,9-10,13,18-19H2,1H3,(H,40,44);1H/t27-,28+;/m0./s1. The summed E-state index contributed by atoms with van der Waals surface area (Å²) >= 11 is 0. The number of carbonyl (C=O) groups excluding carboxylic acids is 2. The molecule has 3 N–H and O–H groups in total. The van der Waals surface area contributed by atoms with E-state index >= 15 is 0 Å². The van der Waals surface area contributed by atoms with Crippen LogP contribution < -0.4 is 20.3 Å². The summed E-state index contributed by atoms with van der Waals surface area (Å²) in [5.74, 6) is -0.278. The molecular formula is C32H34ClF6N3O4. The minimum atomic E-state index is -4.98. The monoisotopic (exact) mass is 673 g/mol. The molecule has 2 atom stereocenters. The van der Waals surface area contributed by atoms with Crippen LogP contribution >= 0.6 is 12.4 Å². The van der Waals surface area contributed by atoms with Gasteiger partial charge in [-0.25, -0.2) is 0 Å². The highest BCUT2D eigenvalue weighted by atomic mass is 35.5. The lowest BCUT2D eigenvalue weighted by Crippen LogP contribution is -2.48. The quantitative estimate of drug-likeness (QED) is 0.200. The van der Waals surface area contributed by atoms with Crippen LogP contribution in [0.1, 0.15) is 52.4 Å². The predicted molar refractivity (Wildman–Crippen MR) is 162 cm³/mol. The molecule has 1 aliphatic rings. The van der Waals surface area contributed by atoms with Crippen molar-refractivity contribution < 1.29 is 45.8 Å². The Hall–Kier alpha value is -3.81. The molecule has 1 heterocycles. The zero-order chi connectivity index (χ0) is 32.8. The van der Waals surface area contributed by atoms with Gasteiger partial charge in [0.1, 0.15) is 5.75 Å². The maximum absolute atomic E-state index is 13.5. The van der Waals surface area contributed by atoms with Crippen molar-refractivity contribution >= 4 is 29.9 Å². The molecule has 0 spiro atoms. The minimum absolute atomic E-state index is 0. The molecule has 0 unspecified atom stereocenters. The van der Waals surface area contributed by atoms with E-state index in [-0.39, 0.29) is 48.5 Å². The fraction of sp³-hybridized carbons (Fsp3) is 0.375. The first-order valence-corrected chi connectivity index (χ1v) is 14.3. The summed E-state index contributed by atoms with van der Waals surface area (Å²) in [7, 11) is 0. The van der Waals surface area contributed by atoms with E-state index in [1.54, 1.807) is 54.3 Å². The van der Waals surface area contributed by atoms with Gasteiger partial charge in [-0.1, -0.05) is 30.3 Å². The molecule has 0 saturated carbocycles. The zero-order valence-corrected chi connectivity index (χ0v) is 25.6. The molecule has 14 heteroatoms. The van der Waals surface area contributed by atoms with Crippen LogP contribution in [0.5, 0.6) is 5.75 Å². The van der Waals surface area contributed by atoms with Crippen molar-refractivity contribution in [2.45, 2.75) is 57.2 Å². The largest absolute Gasteiger partial charge is 0.494 e. The average Bonchev–Trinajstić information content (AvgIpc) is 3.42. The van der Waals surface area contributed by atoms with Crippen molar-refractivity contribution in [2.24, 2.45) is 0 Å². The Morgan fingerprint density at radius 2 is 1.61 bits per heavy atom. The molecule has 1 fully saturated rings. The first-order valence-electron chi connectivity index (χ1n) is 14.3. The van der Waals surface area contributed by atoms with Crippen LogP contribution in [-0.2, 0) is 30.1 Å². The summed E-state index contributed by atoms with van der Waals surface area (Å²) in [6.07, 6.45) is -10.0. The van der Waals surface area contributed by atoms with Gasteiger partial charge >= 0.3 is 12.4 Å². The van der Waals surface area contributed by atoms with E-state index in [1.165, 1.54) is 6.07 Å². The van der Waals surface area contributed by atoms with Crippen molar-refractivity contribution in [3.8, 4) is 5.75 Å². The molecule has 0 aliphatic carbocycles. The van der Waals surface area contributed by atoms with Gasteiger partial charge in [-0.2, -0.15) is 26.3 Å². The fourth-order valence-electron chi connectivity index (χ4n) is 5.07. The Bertz CT molecular complexity index is 1450. The average molecular weight is 674 g/mol. The summed E-state index contributed by atoms with van der Waals surface area (Å²) in [5, 5.41) is 16.6. The summed E-state index contributed by atoms with van der Waals surface area (Å²) in [6.45, 7) is 1.92. The summed E-state index contributed by atoms with van der Waals surface area (Å²) in [5.41, 5.74) is -1.71. The maximum Gasteiger partial charge on any atom is 0.416 e. The molecule has 7 nitrogen and oxygen atoms in total. The normalized spacial score (nSPS) is 14.9. The van der Waals surface area contributed by atoms with E-state index < -0.39 is 48.1 Å². The lowest BCUT2D eigenvalue weighted by atomic mass is 10.00. The van der Waals surface area contributed by atoms with Crippen molar-refractivity contribution in [3.63, 3.8) is 0 Å². The van der Waals surface area contributed by atoms with E-state index in [0.29, 0.717) is 49.6 Å². The van der Waals surface area contributed by atoms with Crippen LogP contribution in [0.15, 0.2) is 66.7 Å². The van der Waals surface area contributed by atoms with Gasteiger partial charge in [0.25, 0.3) is 5.91 Å². The molecule has 3 aromatic carbocycles. The lowest BCUT2D eigenvalue weighted by molar-refractivity contribution is -0.143. The van der Waals surface area contributed by atoms with Gasteiger partial charge in [0, 0.05) is 43.4 Å². The number of aliphatic hydroxyl groups excluding tert-OH is 1. The van der Waals surface area contributed by atoms with Gasteiger partial charge in [-0.05, 0) is 61.2 Å². The highest BCUT2D eigenvalue weighted by molar-refractivity contribution is 5.99. The lowest BCUT2D eigenvalue weighted by Gasteiger charge is -2.25. The van der Waals surface area contributed by atoms with Crippen molar-refractivity contribution in [2.75, 3.05) is 24.6 Å². The van der Waals surface area contributed by atoms with E-state index in [2.05, 4.69) is 10.6 Å². The minimum Gasteiger partial charge on any atom is -0.494 e. The topological polar surface area (TPSA) is 90.9 Å². The third kappa shape index (κ3) is 9.84. The molecule has 3 aromatic rings. The maximum atomic E-state index is 13.5. The Balaban J connectivity index is 0.00000576. The molecule has 46 heavy (non-hydrogen) atoms. The Kier molecular flexibility index (Phi) is 12.5. The number of hydrogen-bond donors (Lipinski definition) is 3. The molecule has 0 bridgehead atoms. The molecule has 4 rings (SSSR count). The fourth-order valence-corrected chi connectivity index (χ4v) is 5.07. The highest BCUT2D eigenvalue weighted by Gasteiger charge is 2.37. The van der Waals surface area contributed by atoms with Crippen LogP contribution in [0.4, 0.5) is 32.0 Å². The number of carbonyl (C=O) groups is 2. The molecule has 1 aliphatic heterocycles. The predicted octanol–water partition coefficient (Wildman–Crippen LogP) is 6.16. The van der Waals surface area contributed by atoms with Crippen LogP contribution in [0, 0.1) is 0 Å². The molecule has 250 valence electrons. The van der Waals surface area contributed by atoms with Crippen molar-refractivity contribution in [3.05, 3.63) is 94.5 Å². The van der Waals surface area contributed by atoms with Crippen molar-refractivity contribution in [1.29, 1.82) is 0 Å². The van der Waals surface area contributed by atoms with E-state index in [0.717, 1.165) is 5.56 Å². The molecular weight excluding hydrogens is 640 g/mol. The molecule has 0 aromatic heterocycles. The van der Waals surface area contributed by atoms with E-state index in [4.69, 9.17) is 4.74 Å². The summed E-state index contributed by atoms with van der Waals surface area (Å²) in [6, 6.07) is 14.0. The van der Waals surface area contributed by atoms with Gasteiger partial charge < -0.3 is 25.4 Å². The second-order valence-electron chi connectivity index (χ2n) is 10.7. The van der Waals surface area contributed by atoms with Crippen LogP contribution in [-0.4, -0.2) is 48.8 Å². The highest BCUT2D eigenvalue weighted by Crippen LogP contribution is 2.36. The number of ether oxygens (including phenoxy) is 1. The van der Waals surface area contributed by atoms with Gasteiger partial charge in [-0.15, -0.1) is 12.4 Å². The van der Waals surface area contributed by atoms with Crippen molar-refractivity contribution in [1.82, 2.24) is 10.6 Å². The number of nitrogens with one attached hydrogen (secondary N) is 2. The van der Waals surface area contributed by atoms with Gasteiger partial charge in [0.05, 0.1) is 29.9 Å². The number of amides is 2. The Labute approximate surface area is 268 Å². The van der Waals surface area contributed by atoms with Gasteiger partial charge in [0.15, 0.2) is 0 Å². The Morgan fingerprint density at radius 3 is 2.17 bits per heavy atom. The number of aliphatic hydroxyl groups is 1. The number of halogens is 7. The number of hydrogen-bond acceptors (Lipinski definition) is 5. The Morgan fingerprint density at radius 1 is 0.957 bits per heavy atom.